The minimum atomic E-state index is 0.00964. The highest BCUT2D eigenvalue weighted by atomic mass is 16.5. The van der Waals surface area contributed by atoms with Crippen molar-refractivity contribution >= 4 is 5.91 Å². The SMILES string of the molecule is Cc1ccc(C(C)NC(=O)C2CCN(Cc3nc(-c4ccc(C(C)(C)C)cc4)no3)CC2)c(C)c1. The van der Waals surface area contributed by atoms with Gasteiger partial charge in [0.1, 0.15) is 0 Å². The molecule has 0 bridgehead atoms. The third-order valence-electron chi connectivity index (χ3n) is 7.05. The van der Waals surface area contributed by atoms with E-state index in [4.69, 9.17) is 4.52 Å². The lowest BCUT2D eigenvalue weighted by Crippen LogP contribution is -2.41. The molecule has 4 rings (SSSR count). The van der Waals surface area contributed by atoms with Crippen molar-refractivity contribution in [3.63, 3.8) is 0 Å². The molecule has 6 nitrogen and oxygen atoms in total. The van der Waals surface area contributed by atoms with Gasteiger partial charge in [-0.3, -0.25) is 9.69 Å². The molecule has 1 fully saturated rings. The normalized spacial score (nSPS) is 16.3. The summed E-state index contributed by atoms with van der Waals surface area (Å²) >= 11 is 0. The summed E-state index contributed by atoms with van der Waals surface area (Å²) in [6.07, 6.45) is 1.67. The quantitative estimate of drug-likeness (QED) is 0.493. The second kappa shape index (κ2) is 10.3. The Hall–Kier alpha value is -2.99. The van der Waals surface area contributed by atoms with Crippen LogP contribution in [0.25, 0.3) is 11.4 Å². The Labute approximate surface area is 209 Å². The number of piperidine rings is 1. The van der Waals surface area contributed by atoms with Crippen molar-refractivity contribution in [2.24, 2.45) is 5.92 Å². The van der Waals surface area contributed by atoms with Crippen LogP contribution in [0.15, 0.2) is 47.0 Å². The summed E-state index contributed by atoms with van der Waals surface area (Å²) in [4.78, 5) is 19.8. The Morgan fingerprint density at radius 1 is 1.11 bits per heavy atom. The average molecular weight is 475 g/mol. The third kappa shape index (κ3) is 6.17. The number of nitrogens with zero attached hydrogens (tertiary/aromatic N) is 3. The maximum Gasteiger partial charge on any atom is 0.241 e. The number of rotatable bonds is 6. The van der Waals surface area contributed by atoms with Gasteiger partial charge in [0.2, 0.25) is 17.6 Å². The van der Waals surface area contributed by atoms with Crippen LogP contribution in [0.2, 0.25) is 0 Å². The molecule has 1 amide bonds. The molecule has 1 saturated heterocycles. The molecule has 0 saturated carbocycles. The molecule has 0 radical (unpaired) electrons. The molecule has 1 atom stereocenters. The Morgan fingerprint density at radius 3 is 2.43 bits per heavy atom. The summed E-state index contributed by atoms with van der Waals surface area (Å²) in [6, 6.07) is 14.8. The number of hydrogen-bond donors (Lipinski definition) is 1. The highest BCUT2D eigenvalue weighted by molar-refractivity contribution is 5.79. The summed E-state index contributed by atoms with van der Waals surface area (Å²) in [6.45, 7) is 15.2. The van der Waals surface area contributed by atoms with Gasteiger partial charge in [0.15, 0.2) is 0 Å². The maximum absolute atomic E-state index is 12.9. The summed E-state index contributed by atoms with van der Waals surface area (Å²) in [5.74, 6) is 1.43. The van der Waals surface area contributed by atoms with Crippen LogP contribution in [-0.4, -0.2) is 34.0 Å². The zero-order chi connectivity index (χ0) is 25.2. The van der Waals surface area contributed by atoms with Crippen molar-refractivity contribution in [2.75, 3.05) is 13.1 Å². The Morgan fingerprint density at radius 2 is 1.80 bits per heavy atom. The number of hydrogen-bond acceptors (Lipinski definition) is 5. The molecule has 1 N–H and O–H groups in total. The molecule has 3 aromatic rings. The molecule has 35 heavy (non-hydrogen) atoms. The number of likely N-dealkylation sites (tertiary alicyclic amines) is 1. The van der Waals surface area contributed by atoms with Crippen molar-refractivity contribution in [2.45, 2.75) is 72.4 Å². The molecule has 1 aliphatic rings. The van der Waals surface area contributed by atoms with Gasteiger partial charge in [0.25, 0.3) is 0 Å². The van der Waals surface area contributed by atoms with Crippen molar-refractivity contribution in [3.05, 3.63) is 70.6 Å². The number of nitrogens with one attached hydrogen (secondary N) is 1. The maximum atomic E-state index is 12.9. The van der Waals surface area contributed by atoms with E-state index in [1.54, 1.807) is 0 Å². The zero-order valence-electron chi connectivity index (χ0n) is 21.9. The molecule has 1 aromatic heterocycles. The van der Waals surface area contributed by atoms with Gasteiger partial charge in [-0.1, -0.05) is 74.0 Å². The van der Waals surface area contributed by atoms with E-state index in [1.165, 1.54) is 22.3 Å². The minimum absolute atomic E-state index is 0.00964. The van der Waals surface area contributed by atoms with E-state index < -0.39 is 0 Å². The standard InChI is InChI=1S/C29H38N4O2/c1-19-7-12-25(20(2)17-19)21(3)30-28(34)23-13-15-33(16-14-23)18-26-31-27(32-35-26)22-8-10-24(11-9-22)29(4,5)6/h7-12,17,21,23H,13-16,18H2,1-6H3,(H,30,34). The van der Waals surface area contributed by atoms with E-state index in [2.05, 4.69) is 104 Å². The van der Waals surface area contributed by atoms with E-state index in [0.29, 0.717) is 18.3 Å². The number of benzene rings is 2. The fourth-order valence-electron chi connectivity index (χ4n) is 4.82. The van der Waals surface area contributed by atoms with Crippen LogP contribution >= 0.6 is 0 Å². The molecule has 1 aliphatic heterocycles. The van der Waals surface area contributed by atoms with Gasteiger partial charge in [-0.15, -0.1) is 0 Å². The largest absolute Gasteiger partial charge is 0.349 e. The van der Waals surface area contributed by atoms with E-state index in [9.17, 15) is 4.79 Å². The van der Waals surface area contributed by atoms with Gasteiger partial charge in [0, 0.05) is 11.5 Å². The number of aryl methyl sites for hydroxylation is 2. The third-order valence-corrected chi connectivity index (χ3v) is 7.05. The van der Waals surface area contributed by atoms with Crippen molar-refractivity contribution < 1.29 is 9.32 Å². The Balaban J connectivity index is 1.28. The molecular formula is C29H38N4O2. The second-order valence-corrected chi connectivity index (χ2v) is 11.0. The summed E-state index contributed by atoms with van der Waals surface area (Å²) < 4.78 is 5.53. The Kier molecular flexibility index (Phi) is 7.41. The molecule has 0 spiro atoms. The topological polar surface area (TPSA) is 71.3 Å². The van der Waals surface area contributed by atoms with Crippen LogP contribution in [0.1, 0.15) is 74.7 Å². The first-order chi connectivity index (χ1) is 16.6. The highest BCUT2D eigenvalue weighted by Gasteiger charge is 2.27. The van der Waals surface area contributed by atoms with Crippen LogP contribution in [0.3, 0.4) is 0 Å². The van der Waals surface area contributed by atoms with Crippen LogP contribution in [0, 0.1) is 19.8 Å². The molecule has 1 unspecified atom stereocenters. The highest BCUT2D eigenvalue weighted by Crippen LogP contribution is 2.26. The fraction of sp³-hybridized carbons (Fsp3) is 0.483. The van der Waals surface area contributed by atoms with E-state index in [-0.39, 0.29) is 23.3 Å². The van der Waals surface area contributed by atoms with E-state index in [1.807, 2.05) is 0 Å². The Bertz CT molecular complexity index is 1150. The first kappa shape index (κ1) is 25.1. The van der Waals surface area contributed by atoms with Gasteiger partial charge in [-0.2, -0.15) is 4.98 Å². The first-order valence-corrected chi connectivity index (χ1v) is 12.6. The van der Waals surface area contributed by atoms with Gasteiger partial charge in [-0.25, -0.2) is 0 Å². The fourth-order valence-corrected chi connectivity index (χ4v) is 4.82. The monoisotopic (exact) mass is 474 g/mol. The van der Waals surface area contributed by atoms with Gasteiger partial charge in [0.05, 0.1) is 12.6 Å². The molecule has 2 heterocycles. The predicted octanol–water partition coefficient (Wildman–Crippen LogP) is 5.74. The van der Waals surface area contributed by atoms with E-state index in [0.717, 1.165) is 31.5 Å². The number of amides is 1. The van der Waals surface area contributed by atoms with Gasteiger partial charge < -0.3 is 9.84 Å². The molecule has 0 aliphatic carbocycles. The predicted molar refractivity (Wildman–Crippen MR) is 139 cm³/mol. The van der Waals surface area contributed by atoms with E-state index >= 15 is 0 Å². The van der Waals surface area contributed by atoms with Crippen LogP contribution in [0.4, 0.5) is 0 Å². The van der Waals surface area contributed by atoms with Gasteiger partial charge >= 0.3 is 0 Å². The van der Waals surface area contributed by atoms with Crippen molar-refractivity contribution in [1.29, 1.82) is 0 Å². The summed E-state index contributed by atoms with van der Waals surface area (Å²) in [5, 5.41) is 7.41. The molecule has 186 valence electrons. The molecule has 6 heteroatoms. The minimum Gasteiger partial charge on any atom is -0.349 e. The number of carbonyl (C=O) groups is 1. The van der Waals surface area contributed by atoms with Crippen LogP contribution in [0.5, 0.6) is 0 Å². The average Bonchev–Trinajstić information content (AvgIpc) is 3.27. The number of carbonyl (C=O) groups excluding carboxylic acids is 1. The lowest BCUT2D eigenvalue weighted by molar-refractivity contribution is -0.127. The lowest BCUT2D eigenvalue weighted by atomic mass is 9.87. The van der Waals surface area contributed by atoms with Crippen molar-refractivity contribution in [1.82, 2.24) is 20.4 Å². The van der Waals surface area contributed by atoms with Crippen LogP contribution in [-0.2, 0) is 16.8 Å². The second-order valence-electron chi connectivity index (χ2n) is 11.0. The van der Waals surface area contributed by atoms with Crippen molar-refractivity contribution in [3.8, 4) is 11.4 Å². The number of aromatic nitrogens is 2. The van der Waals surface area contributed by atoms with Gasteiger partial charge in [-0.05, 0) is 68.8 Å². The van der Waals surface area contributed by atoms with Crippen LogP contribution < -0.4 is 5.32 Å². The smallest absolute Gasteiger partial charge is 0.241 e. The molecule has 2 aromatic carbocycles. The molecular weight excluding hydrogens is 436 g/mol. The summed E-state index contributed by atoms with van der Waals surface area (Å²) in [5.41, 5.74) is 5.99. The first-order valence-electron chi connectivity index (χ1n) is 12.6. The zero-order valence-corrected chi connectivity index (χ0v) is 21.9. The lowest BCUT2D eigenvalue weighted by Gasteiger charge is -2.31. The summed E-state index contributed by atoms with van der Waals surface area (Å²) in [7, 11) is 0.